The van der Waals surface area contributed by atoms with Crippen molar-refractivity contribution in [3.05, 3.63) is 0 Å². The Bertz CT molecular complexity index is 362. The summed E-state index contributed by atoms with van der Waals surface area (Å²) in [6.07, 6.45) is 3.88. The number of carbonyl (C=O) groups is 3. The highest BCUT2D eigenvalue weighted by Gasteiger charge is 2.32. The highest BCUT2D eigenvalue weighted by Crippen LogP contribution is 2.11. The van der Waals surface area contributed by atoms with Crippen LogP contribution in [0.5, 0.6) is 0 Å². The van der Waals surface area contributed by atoms with E-state index in [-0.39, 0.29) is 12.8 Å². The molecule has 0 aromatic rings. The van der Waals surface area contributed by atoms with Gasteiger partial charge in [-0.3, -0.25) is 9.59 Å². The van der Waals surface area contributed by atoms with E-state index in [2.05, 4.69) is 23.6 Å². The van der Waals surface area contributed by atoms with Gasteiger partial charge in [0.2, 0.25) is 0 Å². The zero-order valence-corrected chi connectivity index (χ0v) is 9.82. The topological polar surface area (TPSA) is 63.7 Å². The molecule has 92 valence electrons. The number of hydrogen-bond acceptors (Lipinski definition) is 4. The SMILES string of the molecule is CCCCCC#CC(=O)ON1C(=O)CCC1=O. The summed E-state index contributed by atoms with van der Waals surface area (Å²) in [5.74, 6) is 3.07. The van der Waals surface area contributed by atoms with E-state index < -0.39 is 17.8 Å². The fourth-order valence-electron chi connectivity index (χ4n) is 1.36. The second-order valence-corrected chi connectivity index (χ2v) is 3.72. The Kier molecular flexibility index (Phi) is 5.21. The largest absolute Gasteiger partial charge is 0.409 e. The van der Waals surface area contributed by atoms with Gasteiger partial charge in [0, 0.05) is 25.2 Å². The van der Waals surface area contributed by atoms with Crippen molar-refractivity contribution in [3.8, 4) is 11.8 Å². The summed E-state index contributed by atoms with van der Waals surface area (Å²) in [5, 5.41) is 0.503. The molecule has 0 N–H and O–H groups in total. The van der Waals surface area contributed by atoms with Gasteiger partial charge in [-0.05, 0) is 6.42 Å². The molecular formula is C12H15NO4. The lowest BCUT2D eigenvalue weighted by Gasteiger charge is -2.09. The average Bonchev–Trinajstić information content (AvgIpc) is 2.60. The minimum absolute atomic E-state index is 0.0933. The predicted octanol–water partition coefficient (Wildman–Crippen LogP) is 1.18. The van der Waals surface area contributed by atoms with Crippen molar-refractivity contribution < 1.29 is 19.2 Å². The monoisotopic (exact) mass is 237 g/mol. The number of amides is 2. The first-order chi connectivity index (χ1) is 8.15. The molecule has 2 amide bonds. The third kappa shape index (κ3) is 4.27. The summed E-state index contributed by atoms with van der Waals surface area (Å²) in [7, 11) is 0. The molecule has 0 radical (unpaired) electrons. The van der Waals surface area contributed by atoms with Gasteiger partial charge in [0.05, 0.1) is 0 Å². The van der Waals surface area contributed by atoms with Crippen molar-refractivity contribution in [3.63, 3.8) is 0 Å². The van der Waals surface area contributed by atoms with Crippen LogP contribution in [0.4, 0.5) is 0 Å². The summed E-state index contributed by atoms with van der Waals surface area (Å²) in [5.41, 5.74) is 0. The van der Waals surface area contributed by atoms with Crippen molar-refractivity contribution in [2.24, 2.45) is 0 Å². The summed E-state index contributed by atoms with van der Waals surface area (Å²) in [4.78, 5) is 38.0. The summed E-state index contributed by atoms with van der Waals surface area (Å²) < 4.78 is 0. The van der Waals surface area contributed by atoms with Gasteiger partial charge in [0.25, 0.3) is 11.8 Å². The molecule has 5 nitrogen and oxygen atoms in total. The first-order valence-corrected chi connectivity index (χ1v) is 5.71. The maximum atomic E-state index is 11.2. The number of hydrogen-bond donors (Lipinski definition) is 0. The van der Waals surface area contributed by atoms with E-state index in [4.69, 9.17) is 0 Å². The first-order valence-electron chi connectivity index (χ1n) is 5.71. The standard InChI is InChI=1S/C12H15NO4/c1-2-3-4-5-6-7-12(16)17-13-10(14)8-9-11(13)15/h2-5,8-9H2,1H3. The molecule has 0 bridgehead atoms. The van der Waals surface area contributed by atoms with E-state index in [0.717, 1.165) is 19.3 Å². The van der Waals surface area contributed by atoms with Gasteiger partial charge in [-0.2, -0.15) is 0 Å². The maximum Gasteiger partial charge on any atom is 0.409 e. The van der Waals surface area contributed by atoms with Crippen molar-refractivity contribution in [1.29, 1.82) is 0 Å². The molecule has 0 unspecified atom stereocenters. The fourth-order valence-corrected chi connectivity index (χ4v) is 1.36. The quantitative estimate of drug-likeness (QED) is 0.418. The van der Waals surface area contributed by atoms with Crippen LogP contribution in [0.1, 0.15) is 45.4 Å². The molecular weight excluding hydrogens is 222 g/mol. The van der Waals surface area contributed by atoms with Crippen LogP contribution in [0.25, 0.3) is 0 Å². The van der Waals surface area contributed by atoms with Gasteiger partial charge in [-0.1, -0.05) is 25.7 Å². The third-order valence-corrected chi connectivity index (χ3v) is 2.28. The number of rotatable bonds is 4. The first kappa shape index (κ1) is 13.2. The Morgan fingerprint density at radius 3 is 2.53 bits per heavy atom. The summed E-state index contributed by atoms with van der Waals surface area (Å²) >= 11 is 0. The van der Waals surface area contributed by atoms with Gasteiger partial charge in [-0.25, -0.2) is 4.79 Å². The lowest BCUT2D eigenvalue weighted by Crippen LogP contribution is -2.31. The second-order valence-electron chi connectivity index (χ2n) is 3.72. The van der Waals surface area contributed by atoms with E-state index in [1.807, 2.05) is 0 Å². The van der Waals surface area contributed by atoms with E-state index >= 15 is 0 Å². The molecule has 1 saturated heterocycles. The molecule has 1 rings (SSSR count). The average molecular weight is 237 g/mol. The number of nitrogens with zero attached hydrogens (tertiary/aromatic N) is 1. The van der Waals surface area contributed by atoms with Gasteiger partial charge < -0.3 is 4.84 Å². The molecule has 0 aromatic heterocycles. The molecule has 1 aliphatic heterocycles. The second kappa shape index (κ2) is 6.69. The predicted molar refractivity (Wildman–Crippen MR) is 59.1 cm³/mol. The highest BCUT2D eigenvalue weighted by atomic mass is 16.7. The molecule has 5 heteroatoms. The Morgan fingerprint density at radius 2 is 1.94 bits per heavy atom. The van der Waals surface area contributed by atoms with E-state index in [0.29, 0.717) is 11.5 Å². The Hall–Kier alpha value is -1.83. The number of unbranched alkanes of at least 4 members (excludes halogenated alkanes) is 3. The van der Waals surface area contributed by atoms with Gasteiger partial charge in [-0.15, -0.1) is 5.06 Å². The molecule has 0 atom stereocenters. The maximum absolute atomic E-state index is 11.2. The highest BCUT2D eigenvalue weighted by molar-refractivity contribution is 6.02. The molecule has 0 spiro atoms. The molecule has 17 heavy (non-hydrogen) atoms. The van der Waals surface area contributed by atoms with Crippen LogP contribution < -0.4 is 0 Å². The number of hydroxylamine groups is 2. The third-order valence-electron chi connectivity index (χ3n) is 2.28. The van der Waals surface area contributed by atoms with E-state index in [1.165, 1.54) is 0 Å². The Balaban J connectivity index is 2.34. The zero-order chi connectivity index (χ0) is 12.7. The van der Waals surface area contributed by atoms with Gasteiger partial charge in [0.1, 0.15) is 0 Å². The minimum atomic E-state index is -0.856. The lowest BCUT2D eigenvalue weighted by atomic mass is 10.2. The van der Waals surface area contributed by atoms with Crippen LogP contribution in [0, 0.1) is 11.8 Å². The number of carbonyl (C=O) groups excluding carboxylic acids is 3. The molecule has 1 fully saturated rings. The minimum Gasteiger partial charge on any atom is -0.318 e. The summed E-state index contributed by atoms with van der Waals surface area (Å²) in [6, 6.07) is 0. The normalized spacial score (nSPS) is 14.5. The van der Waals surface area contributed by atoms with Crippen LogP contribution in [-0.2, 0) is 19.2 Å². The molecule has 1 heterocycles. The smallest absolute Gasteiger partial charge is 0.318 e. The Labute approximate surface area is 100 Å². The summed E-state index contributed by atoms with van der Waals surface area (Å²) in [6.45, 7) is 2.08. The van der Waals surface area contributed by atoms with Crippen LogP contribution in [-0.4, -0.2) is 22.8 Å². The fraction of sp³-hybridized carbons (Fsp3) is 0.583. The van der Waals surface area contributed by atoms with Crippen molar-refractivity contribution in [1.82, 2.24) is 5.06 Å². The number of imide groups is 1. The van der Waals surface area contributed by atoms with E-state index in [1.54, 1.807) is 0 Å². The van der Waals surface area contributed by atoms with Crippen molar-refractivity contribution >= 4 is 17.8 Å². The Morgan fingerprint density at radius 1 is 1.29 bits per heavy atom. The molecule has 1 aliphatic rings. The van der Waals surface area contributed by atoms with Crippen LogP contribution in [0.15, 0.2) is 0 Å². The van der Waals surface area contributed by atoms with Gasteiger partial charge in [0.15, 0.2) is 0 Å². The zero-order valence-electron chi connectivity index (χ0n) is 9.82. The van der Waals surface area contributed by atoms with Crippen LogP contribution in [0.3, 0.4) is 0 Å². The van der Waals surface area contributed by atoms with Crippen LogP contribution >= 0.6 is 0 Å². The van der Waals surface area contributed by atoms with E-state index in [9.17, 15) is 14.4 Å². The van der Waals surface area contributed by atoms with Crippen molar-refractivity contribution in [2.75, 3.05) is 0 Å². The molecule has 0 saturated carbocycles. The van der Waals surface area contributed by atoms with Crippen LogP contribution in [0.2, 0.25) is 0 Å². The molecule has 0 aromatic carbocycles. The molecule has 0 aliphatic carbocycles. The van der Waals surface area contributed by atoms with Gasteiger partial charge >= 0.3 is 5.97 Å². The van der Waals surface area contributed by atoms with Crippen molar-refractivity contribution in [2.45, 2.75) is 45.4 Å². The lowest BCUT2D eigenvalue weighted by molar-refractivity contribution is -0.193.